The predicted octanol–water partition coefficient (Wildman–Crippen LogP) is 2.87. The number of amides is 1. The average Bonchev–Trinajstić information content (AvgIpc) is 2.37. The standard InChI is InChI=1S/C14H18ClNO3S/c1-10-6-7-16(11(2)8-10)14(17)12-4-3-5-13(9-12)20(15,18)19/h3-5,9-11H,6-8H2,1-2H3. The van der Waals surface area contributed by atoms with Gasteiger partial charge in [0.15, 0.2) is 0 Å². The maximum absolute atomic E-state index is 12.5. The molecule has 0 saturated carbocycles. The molecule has 1 aromatic carbocycles. The van der Waals surface area contributed by atoms with Crippen molar-refractivity contribution in [1.82, 2.24) is 4.90 Å². The highest BCUT2D eigenvalue weighted by Crippen LogP contribution is 2.25. The van der Waals surface area contributed by atoms with E-state index in [9.17, 15) is 13.2 Å². The predicted molar refractivity (Wildman–Crippen MR) is 78.4 cm³/mol. The van der Waals surface area contributed by atoms with E-state index < -0.39 is 9.05 Å². The lowest BCUT2D eigenvalue weighted by molar-refractivity contribution is 0.0588. The summed E-state index contributed by atoms with van der Waals surface area (Å²) in [4.78, 5) is 14.3. The molecule has 1 saturated heterocycles. The van der Waals surface area contributed by atoms with E-state index in [0.717, 1.165) is 12.8 Å². The fourth-order valence-electron chi connectivity index (χ4n) is 2.66. The minimum absolute atomic E-state index is 0.0388. The van der Waals surface area contributed by atoms with E-state index in [1.54, 1.807) is 17.0 Å². The van der Waals surface area contributed by atoms with E-state index in [4.69, 9.17) is 10.7 Å². The molecule has 0 radical (unpaired) electrons. The van der Waals surface area contributed by atoms with Crippen molar-refractivity contribution in [2.24, 2.45) is 5.92 Å². The largest absolute Gasteiger partial charge is 0.336 e. The van der Waals surface area contributed by atoms with Gasteiger partial charge in [0.2, 0.25) is 0 Å². The van der Waals surface area contributed by atoms with E-state index in [2.05, 4.69) is 6.92 Å². The first kappa shape index (κ1) is 15.3. The zero-order chi connectivity index (χ0) is 14.9. The molecule has 1 aliphatic heterocycles. The Balaban J connectivity index is 2.26. The molecule has 2 atom stereocenters. The Bertz CT molecular complexity index is 615. The zero-order valence-corrected chi connectivity index (χ0v) is 13.1. The SMILES string of the molecule is CC1CCN(C(=O)c2cccc(S(=O)(=O)Cl)c2)C(C)C1. The van der Waals surface area contributed by atoms with Gasteiger partial charge in [-0.3, -0.25) is 4.79 Å². The number of hydrogen-bond donors (Lipinski definition) is 0. The molecule has 2 rings (SSSR count). The second-order valence-corrected chi connectivity index (χ2v) is 8.01. The number of hydrogen-bond acceptors (Lipinski definition) is 3. The number of benzene rings is 1. The van der Waals surface area contributed by atoms with Crippen LogP contribution in [0.2, 0.25) is 0 Å². The smallest absolute Gasteiger partial charge is 0.261 e. The van der Waals surface area contributed by atoms with Gasteiger partial charge in [0.25, 0.3) is 15.0 Å². The summed E-state index contributed by atoms with van der Waals surface area (Å²) in [6.07, 6.45) is 1.95. The Labute approximate surface area is 124 Å². The van der Waals surface area contributed by atoms with Gasteiger partial charge in [-0.1, -0.05) is 13.0 Å². The van der Waals surface area contributed by atoms with Crippen molar-refractivity contribution in [1.29, 1.82) is 0 Å². The molecule has 1 fully saturated rings. The fourth-order valence-corrected chi connectivity index (χ4v) is 3.45. The molecule has 0 aliphatic carbocycles. The highest BCUT2D eigenvalue weighted by molar-refractivity contribution is 8.13. The van der Waals surface area contributed by atoms with E-state index in [1.165, 1.54) is 12.1 Å². The highest BCUT2D eigenvalue weighted by Gasteiger charge is 2.27. The summed E-state index contributed by atoms with van der Waals surface area (Å²) in [5, 5.41) is 0. The van der Waals surface area contributed by atoms with Crippen LogP contribution in [0.15, 0.2) is 29.2 Å². The van der Waals surface area contributed by atoms with Crippen LogP contribution in [-0.2, 0) is 9.05 Å². The molecule has 6 heteroatoms. The Kier molecular flexibility index (Phi) is 4.39. The monoisotopic (exact) mass is 315 g/mol. The lowest BCUT2D eigenvalue weighted by Gasteiger charge is -2.36. The quantitative estimate of drug-likeness (QED) is 0.789. The Morgan fingerprint density at radius 2 is 2.05 bits per heavy atom. The van der Waals surface area contributed by atoms with E-state index >= 15 is 0 Å². The van der Waals surface area contributed by atoms with Gasteiger partial charge in [-0.25, -0.2) is 8.42 Å². The maximum atomic E-state index is 12.5. The number of carbonyl (C=O) groups is 1. The molecule has 110 valence electrons. The average molecular weight is 316 g/mol. The summed E-state index contributed by atoms with van der Waals surface area (Å²) in [6.45, 7) is 4.91. The van der Waals surface area contributed by atoms with E-state index in [0.29, 0.717) is 18.0 Å². The second kappa shape index (κ2) is 5.74. The molecule has 0 aromatic heterocycles. The van der Waals surface area contributed by atoms with E-state index in [-0.39, 0.29) is 16.8 Å². The molecule has 20 heavy (non-hydrogen) atoms. The van der Waals surface area contributed by atoms with Gasteiger partial charge in [0.05, 0.1) is 4.90 Å². The first-order chi connectivity index (χ1) is 9.29. The van der Waals surface area contributed by atoms with Gasteiger partial charge >= 0.3 is 0 Å². The molecular formula is C14H18ClNO3S. The van der Waals surface area contributed by atoms with Crippen molar-refractivity contribution in [2.75, 3.05) is 6.54 Å². The van der Waals surface area contributed by atoms with E-state index in [1.807, 2.05) is 6.92 Å². The molecular weight excluding hydrogens is 298 g/mol. The molecule has 0 N–H and O–H groups in total. The minimum atomic E-state index is -3.81. The summed E-state index contributed by atoms with van der Waals surface area (Å²) >= 11 is 0. The van der Waals surface area contributed by atoms with Crippen LogP contribution in [0.5, 0.6) is 0 Å². The summed E-state index contributed by atoms with van der Waals surface area (Å²) in [5.74, 6) is 0.482. The van der Waals surface area contributed by atoms with Gasteiger partial charge in [-0.05, 0) is 43.9 Å². The van der Waals surface area contributed by atoms with Crippen LogP contribution in [0, 0.1) is 5.92 Å². The van der Waals surface area contributed by atoms with Crippen molar-refractivity contribution in [3.05, 3.63) is 29.8 Å². The van der Waals surface area contributed by atoms with Crippen molar-refractivity contribution < 1.29 is 13.2 Å². The van der Waals surface area contributed by atoms with Crippen LogP contribution in [0.25, 0.3) is 0 Å². The van der Waals surface area contributed by atoms with Crippen LogP contribution >= 0.6 is 10.7 Å². The zero-order valence-electron chi connectivity index (χ0n) is 11.5. The van der Waals surface area contributed by atoms with Crippen molar-refractivity contribution in [3.63, 3.8) is 0 Å². The minimum Gasteiger partial charge on any atom is -0.336 e. The topological polar surface area (TPSA) is 54.5 Å². The Morgan fingerprint density at radius 1 is 1.35 bits per heavy atom. The van der Waals surface area contributed by atoms with Crippen LogP contribution in [0.4, 0.5) is 0 Å². The Morgan fingerprint density at radius 3 is 2.65 bits per heavy atom. The van der Waals surface area contributed by atoms with Crippen molar-refractivity contribution in [2.45, 2.75) is 37.6 Å². The van der Waals surface area contributed by atoms with Crippen LogP contribution in [0.1, 0.15) is 37.0 Å². The summed E-state index contributed by atoms with van der Waals surface area (Å²) in [7, 11) is 1.51. The maximum Gasteiger partial charge on any atom is 0.261 e. The van der Waals surface area contributed by atoms with Crippen LogP contribution in [0.3, 0.4) is 0 Å². The third-order valence-corrected chi connectivity index (χ3v) is 5.11. The lowest BCUT2D eigenvalue weighted by atomic mass is 9.93. The molecule has 4 nitrogen and oxygen atoms in total. The number of piperidine rings is 1. The number of nitrogens with zero attached hydrogens (tertiary/aromatic N) is 1. The van der Waals surface area contributed by atoms with Gasteiger partial charge in [-0.2, -0.15) is 0 Å². The number of likely N-dealkylation sites (tertiary alicyclic amines) is 1. The van der Waals surface area contributed by atoms with Crippen molar-refractivity contribution in [3.8, 4) is 0 Å². The first-order valence-corrected chi connectivity index (χ1v) is 8.95. The summed E-state index contributed by atoms with van der Waals surface area (Å²) in [6, 6.07) is 6.07. The highest BCUT2D eigenvalue weighted by atomic mass is 35.7. The van der Waals surface area contributed by atoms with Gasteiger partial charge in [0.1, 0.15) is 0 Å². The fraction of sp³-hybridized carbons (Fsp3) is 0.500. The van der Waals surface area contributed by atoms with Gasteiger partial charge in [-0.15, -0.1) is 0 Å². The number of halogens is 1. The van der Waals surface area contributed by atoms with Gasteiger partial charge < -0.3 is 4.90 Å². The first-order valence-electron chi connectivity index (χ1n) is 6.64. The van der Waals surface area contributed by atoms with Crippen molar-refractivity contribution >= 4 is 25.6 Å². The molecule has 1 heterocycles. The molecule has 1 aliphatic rings. The number of carbonyl (C=O) groups excluding carboxylic acids is 1. The lowest BCUT2D eigenvalue weighted by Crippen LogP contribution is -2.44. The second-order valence-electron chi connectivity index (χ2n) is 5.44. The van der Waals surface area contributed by atoms with Gasteiger partial charge in [0, 0.05) is 28.8 Å². The molecule has 2 unspecified atom stereocenters. The summed E-state index contributed by atoms with van der Waals surface area (Å²) < 4.78 is 22.7. The molecule has 0 spiro atoms. The van der Waals surface area contributed by atoms with Crippen LogP contribution in [-0.4, -0.2) is 31.8 Å². The third kappa shape index (κ3) is 3.33. The number of rotatable bonds is 2. The molecule has 1 aromatic rings. The third-order valence-electron chi connectivity index (χ3n) is 3.76. The molecule has 1 amide bonds. The molecule has 0 bridgehead atoms. The Hall–Kier alpha value is -1.07. The normalized spacial score (nSPS) is 23.6. The van der Waals surface area contributed by atoms with Crippen LogP contribution < -0.4 is 0 Å². The summed E-state index contributed by atoms with van der Waals surface area (Å²) in [5.41, 5.74) is 0.369.